The zero-order valence-corrected chi connectivity index (χ0v) is 19.2. The smallest absolute Gasteiger partial charge is 0.237 e. The average molecular weight is 461 g/mol. The van der Waals surface area contributed by atoms with Crippen molar-refractivity contribution in [2.75, 3.05) is 5.32 Å². The van der Waals surface area contributed by atoms with Gasteiger partial charge in [0.05, 0.1) is 5.25 Å². The van der Waals surface area contributed by atoms with Gasteiger partial charge >= 0.3 is 0 Å². The zero-order chi connectivity index (χ0) is 23.3. The highest BCUT2D eigenvalue weighted by molar-refractivity contribution is 8.00. The lowest BCUT2D eigenvalue weighted by atomic mass is 10.2. The van der Waals surface area contributed by atoms with E-state index in [-0.39, 0.29) is 11.7 Å². The van der Waals surface area contributed by atoms with Gasteiger partial charge in [-0.3, -0.25) is 4.79 Å². The van der Waals surface area contributed by atoms with Gasteiger partial charge in [0.2, 0.25) is 5.91 Å². The fourth-order valence-electron chi connectivity index (χ4n) is 3.02. The normalized spacial score (nSPS) is 13.1. The third-order valence-corrected chi connectivity index (χ3v) is 5.61. The van der Waals surface area contributed by atoms with E-state index in [2.05, 4.69) is 29.4 Å². The van der Waals surface area contributed by atoms with Crippen LogP contribution in [0.25, 0.3) is 0 Å². The first kappa shape index (κ1) is 23.7. The molecule has 0 radical (unpaired) electrons. The summed E-state index contributed by atoms with van der Waals surface area (Å²) in [6, 6.07) is 11.5. The van der Waals surface area contributed by atoms with Crippen LogP contribution in [0, 0.1) is 17.6 Å². The number of nitrogens with one attached hydrogen (secondary N) is 1. The molecule has 1 N–H and O–H groups in total. The summed E-state index contributed by atoms with van der Waals surface area (Å²) in [5, 5.41) is 11.4. The molecule has 2 aromatic carbocycles. The highest BCUT2D eigenvalue weighted by Crippen LogP contribution is 2.28. The fraction of sp³-hybridized carbons (Fsp3) is 0.348. The summed E-state index contributed by atoms with van der Waals surface area (Å²) < 4.78 is 34.4. The molecule has 0 saturated carbocycles. The Kier molecular flexibility index (Phi) is 7.84. The first-order chi connectivity index (χ1) is 15.2. The maximum Gasteiger partial charge on any atom is 0.237 e. The van der Waals surface area contributed by atoms with Gasteiger partial charge in [-0.15, -0.1) is 10.2 Å². The lowest BCUT2D eigenvalue weighted by molar-refractivity contribution is -0.115. The van der Waals surface area contributed by atoms with Crippen molar-refractivity contribution in [3.63, 3.8) is 0 Å². The molecule has 0 saturated heterocycles. The number of carbonyl (C=O) groups is 1. The van der Waals surface area contributed by atoms with Crippen molar-refractivity contribution >= 4 is 23.4 Å². The van der Waals surface area contributed by atoms with E-state index in [9.17, 15) is 13.6 Å². The van der Waals surface area contributed by atoms with E-state index in [4.69, 9.17) is 4.74 Å². The van der Waals surface area contributed by atoms with Gasteiger partial charge in [0.25, 0.3) is 0 Å². The van der Waals surface area contributed by atoms with Gasteiger partial charge in [-0.2, -0.15) is 0 Å². The van der Waals surface area contributed by atoms with E-state index in [0.29, 0.717) is 34.9 Å². The molecule has 1 aromatic heterocycles. The van der Waals surface area contributed by atoms with E-state index >= 15 is 0 Å². The highest BCUT2D eigenvalue weighted by Gasteiger charge is 2.24. The maximum atomic E-state index is 13.4. The number of carbonyl (C=O) groups excluding carboxylic acids is 1. The second-order valence-electron chi connectivity index (χ2n) is 7.82. The molecule has 0 fully saturated rings. The third-order valence-electron chi connectivity index (χ3n) is 4.53. The molecule has 2 unspecified atom stereocenters. The Morgan fingerprint density at radius 2 is 1.78 bits per heavy atom. The molecule has 0 spiro atoms. The Morgan fingerprint density at radius 1 is 1.06 bits per heavy atom. The van der Waals surface area contributed by atoms with E-state index < -0.39 is 17.2 Å². The molecule has 1 heterocycles. The van der Waals surface area contributed by atoms with Gasteiger partial charge in [0, 0.05) is 12.2 Å². The van der Waals surface area contributed by atoms with Crippen molar-refractivity contribution in [1.82, 2.24) is 14.8 Å². The van der Waals surface area contributed by atoms with Crippen LogP contribution in [-0.4, -0.2) is 25.9 Å². The molecule has 3 rings (SSSR count). The summed E-state index contributed by atoms with van der Waals surface area (Å²) in [5.41, 5.74) is 0.396. The van der Waals surface area contributed by atoms with Crippen molar-refractivity contribution in [2.45, 2.75) is 50.8 Å². The monoisotopic (exact) mass is 460 g/mol. The molecule has 0 bridgehead atoms. The SMILES string of the molecule is CC(C)Cn1c(SC(C)C(=O)Nc2cccc(F)c2)nnc1C(C)Oc1ccc(F)cc1. The molecular weight excluding hydrogens is 434 g/mol. The Morgan fingerprint density at radius 3 is 2.44 bits per heavy atom. The predicted molar refractivity (Wildman–Crippen MR) is 121 cm³/mol. The minimum absolute atomic E-state index is 0.267. The van der Waals surface area contributed by atoms with Crippen LogP contribution in [0.15, 0.2) is 53.7 Å². The molecule has 9 heteroatoms. The van der Waals surface area contributed by atoms with Gasteiger partial charge in [-0.25, -0.2) is 8.78 Å². The van der Waals surface area contributed by atoms with E-state index in [0.717, 1.165) is 0 Å². The average Bonchev–Trinajstić information content (AvgIpc) is 3.11. The summed E-state index contributed by atoms with van der Waals surface area (Å²) in [6.45, 7) is 8.39. The number of nitrogens with zero attached hydrogens (tertiary/aromatic N) is 3. The van der Waals surface area contributed by atoms with Gasteiger partial charge < -0.3 is 14.6 Å². The summed E-state index contributed by atoms with van der Waals surface area (Å²) in [4.78, 5) is 12.6. The van der Waals surface area contributed by atoms with Crippen LogP contribution in [0.3, 0.4) is 0 Å². The Bertz CT molecular complexity index is 1060. The number of ether oxygens (including phenoxy) is 1. The van der Waals surface area contributed by atoms with Gasteiger partial charge in [-0.1, -0.05) is 31.7 Å². The van der Waals surface area contributed by atoms with Crippen LogP contribution >= 0.6 is 11.8 Å². The molecule has 0 aliphatic heterocycles. The second kappa shape index (κ2) is 10.6. The number of hydrogen-bond donors (Lipinski definition) is 1. The van der Waals surface area contributed by atoms with Crippen molar-refractivity contribution in [3.8, 4) is 5.75 Å². The quantitative estimate of drug-likeness (QED) is 0.429. The van der Waals surface area contributed by atoms with Gasteiger partial charge in [-0.05, 0) is 62.2 Å². The molecule has 2 atom stereocenters. The van der Waals surface area contributed by atoms with Crippen LogP contribution in [0.4, 0.5) is 14.5 Å². The maximum absolute atomic E-state index is 13.4. The van der Waals surface area contributed by atoms with Crippen LogP contribution in [-0.2, 0) is 11.3 Å². The Labute approximate surface area is 190 Å². The number of benzene rings is 2. The molecule has 3 aromatic rings. The van der Waals surface area contributed by atoms with Gasteiger partial charge in [0.15, 0.2) is 17.1 Å². The molecule has 6 nitrogen and oxygen atoms in total. The summed E-state index contributed by atoms with van der Waals surface area (Å²) in [7, 11) is 0. The van der Waals surface area contributed by atoms with E-state index in [1.165, 1.54) is 42.1 Å². The van der Waals surface area contributed by atoms with E-state index in [1.54, 1.807) is 25.1 Å². The largest absolute Gasteiger partial charge is 0.483 e. The van der Waals surface area contributed by atoms with Crippen LogP contribution < -0.4 is 10.1 Å². The standard InChI is InChI=1S/C23H26F2N4O2S/c1-14(2)13-29-21(15(3)31-20-10-8-17(24)9-11-20)27-28-23(29)32-16(4)22(30)26-19-7-5-6-18(25)12-19/h5-12,14-16H,13H2,1-4H3,(H,26,30). The predicted octanol–water partition coefficient (Wildman–Crippen LogP) is 5.47. The first-order valence-corrected chi connectivity index (χ1v) is 11.2. The van der Waals surface area contributed by atoms with Crippen LogP contribution in [0.2, 0.25) is 0 Å². The topological polar surface area (TPSA) is 69.0 Å². The number of thioether (sulfide) groups is 1. The number of anilines is 1. The molecular formula is C23H26F2N4O2S. The van der Waals surface area contributed by atoms with Crippen molar-refractivity contribution in [1.29, 1.82) is 0 Å². The Hall–Kier alpha value is -2.94. The Balaban J connectivity index is 1.74. The second-order valence-corrected chi connectivity index (χ2v) is 9.13. The summed E-state index contributed by atoms with van der Waals surface area (Å²) >= 11 is 1.27. The van der Waals surface area contributed by atoms with Gasteiger partial charge in [0.1, 0.15) is 17.4 Å². The molecule has 170 valence electrons. The third kappa shape index (κ3) is 6.29. The summed E-state index contributed by atoms with van der Waals surface area (Å²) in [5.74, 6) is 0.422. The van der Waals surface area contributed by atoms with E-state index in [1.807, 2.05) is 11.5 Å². The molecule has 0 aliphatic rings. The van der Waals surface area contributed by atoms with Crippen molar-refractivity contribution < 1.29 is 18.3 Å². The van der Waals surface area contributed by atoms with Crippen LogP contribution in [0.5, 0.6) is 5.75 Å². The number of halogens is 2. The number of hydrogen-bond acceptors (Lipinski definition) is 5. The highest BCUT2D eigenvalue weighted by atomic mass is 32.2. The molecule has 32 heavy (non-hydrogen) atoms. The zero-order valence-electron chi connectivity index (χ0n) is 18.4. The fourth-order valence-corrected chi connectivity index (χ4v) is 3.88. The first-order valence-electron chi connectivity index (χ1n) is 10.3. The lowest BCUT2D eigenvalue weighted by Gasteiger charge is -2.18. The van der Waals surface area contributed by atoms with Crippen molar-refractivity contribution in [3.05, 3.63) is 66.0 Å². The number of rotatable bonds is 9. The number of amides is 1. The molecule has 1 amide bonds. The minimum atomic E-state index is -0.491. The summed E-state index contributed by atoms with van der Waals surface area (Å²) in [6.07, 6.45) is -0.433. The number of aromatic nitrogens is 3. The lowest BCUT2D eigenvalue weighted by Crippen LogP contribution is -2.23. The minimum Gasteiger partial charge on any atom is -0.483 e. The van der Waals surface area contributed by atoms with Crippen molar-refractivity contribution in [2.24, 2.45) is 5.92 Å². The van der Waals surface area contributed by atoms with Crippen LogP contribution in [0.1, 0.15) is 39.6 Å². The molecule has 0 aliphatic carbocycles.